The van der Waals surface area contributed by atoms with Gasteiger partial charge in [-0.05, 0) is 24.1 Å². The number of unbranched alkanes of at least 4 members (excludes halogenated alkanes) is 3. The zero-order valence-electron chi connectivity index (χ0n) is 11.8. The van der Waals surface area contributed by atoms with Crippen LogP contribution in [-0.2, 0) is 16.1 Å². The number of ether oxygens (including phenoxy) is 1. The van der Waals surface area contributed by atoms with Crippen LogP contribution in [0.25, 0.3) is 0 Å². The summed E-state index contributed by atoms with van der Waals surface area (Å²) in [6.07, 6.45) is 5.73. The van der Waals surface area contributed by atoms with Crippen molar-refractivity contribution in [3.63, 3.8) is 0 Å². The smallest absolute Gasteiger partial charge is 0.308 e. The summed E-state index contributed by atoms with van der Waals surface area (Å²) in [7, 11) is 0. The lowest BCUT2D eigenvalue weighted by Gasteiger charge is -2.11. The Morgan fingerprint density at radius 3 is 2.53 bits per heavy atom. The third kappa shape index (κ3) is 6.76. The Labute approximate surface area is 124 Å². The van der Waals surface area contributed by atoms with Gasteiger partial charge in [0.15, 0.2) is 0 Å². The van der Waals surface area contributed by atoms with E-state index in [9.17, 15) is 4.79 Å². The van der Waals surface area contributed by atoms with E-state index in [0.717, 1.165) is 22.9 Å². The van der Waals surface area contributed by atoms with Gasteiger partial charge in [-0.2, -0.15) is 0 Å². The van der Waals surface area contributed by atoms with Crippen LogP contribution in [0.4, 0.5) is 0 Å². The van der Waals surface area contributed by atoms with E-state index in [0.29, 0.717) is 6.61 Å². The van der Waals surface area contributed by atoms with Crippen molar-refractivity contribution in [1.82, 2.24) is 0 Å². The maximum atomic E-state index is 11.8. The summed E-state index contributed by atoms with van der Waals surface area (Å²) in [6, 6.07) is 7.83. The van der Waals surface area contributed by atoms with E-state index in [-0.39, 0.29) is 11.9 Å². The highest BCUT2D eigenvalue weighted by molar-refractivity contribution is 9.10. The van der Waals surface area contributed by atoms with Crippen LogP contribution in [0.5, 0.6) is 0 Å². The van der Waals surface area contributed by atoms with Gasteiger partial charge in [0.1, 0.15) is 6.61 Å². The lowest BCUT2D eigenvalue weighted by Crippen LogP contribution is -2.14. The fourth-order valence-electron chi connectivity index (χ4n) is 1.87. The second-order valence-corrected chi connectivity index (χ2v) is 5.90. The van der Waals surface area contributed by atoms with Crippen molar-refractivity contribution >= 4 is 21.9 Å². The predicted molar refractivity (Wildman–Crippen MR) is 81.9 cm³/mol. The second-order valence-electron chi connectivity index (χ2n) is 4.98. The van der Waals surface area contributed by atoms with Gasteiger partial charge in [0.05, 0.1) is 5.92 Å². The van der Waals surface area contributed by atoms with Crippen LogP contribution in [0.15, 0.2) is 28.7 Å². The Balaban J connectivity index is 2.24. The van der Waals surface area contributed by atoms with Crippen molar-refractivity contribution in [3.8, 4) is 0 Å². The molecule has 1 rings (SSSR count). The molecule has 1 aromatic carbocycles. The van der Waals surface area contributed by atoms with Gasteiger partial charge in [0.25, 0.3) is 0 Å². The van der Waals surface area contributed by atoms with Gasteiger partial charge in [-0.1, -0.05) is 67.6 Å². The molecule has 0 radical (unpaired) electrons. The van der Waals surface area contributed by atoms with Crippen molar-refractivity contribution < 1.29 is 9.53 Å². The summed E-state index contributed by atoms with van der Waals surface area (Å²) in [5.74, 6) is -0.0771. The molecule has 2 nitrogen and oxygen atoms in total. The van der Waals surface area contributed by atoms with E-state index in [1.807, 2.05) is 31.2 Å². The minimum Gasteiger partial charge on any atom is -0.461 e. The number of esters is 1. The highest BCUT2D eigenvalue weighted by Crippen LogP contribution is 2.14. The Morgan fingerprint density at radius 1 is 1.21 bits per heavy atom. The molecular formula is C16H23BrO2. The van der Waals surface area contributed by atoms with Crippen LogP contribution < -0.4 is 0 Å². The van der Waals surface area contributed by atoms with Crippen LogP contribution in [0.1, 0.15) is 51.5 Å². The van der Waals surface area contributed by atoms with Crippen molar-refractivity contribution in [2.75, 3.05) is 0 Å². The molecule has 1 atom stereocenters. The largest absolute Gasteiger partial charge is 0.461 e. The molecule has 0 saturated heterocycles. The highest BCUT2D eigenvalue weighted by Gasteiger charge is 2.13. The normalized spacial score (nSPS) is 12.2. The number of hydrogen-bond acceptors (Lipinski definition) is 2. The van der Waals surface area contributed by atoms with Crippen LogP contribution in [-0.4, -0.2) is 5.97 Å². The van der Waals surface area contributed by atoms with Crippen molar-refractivity contribution in [1.29, 1.82) is 0 Å². The van der Waals surface area contributed by atoms with Gasteiger partial charge in [-0.3, -0.25) is 4.79 Å². The Bertz CT molecular complexity index is 373. The first-order valence-corrected chi connectivity index (χ1v) is 7.84. The third-order valence-corrected chi connectivity index (χ3v) is 3.72. The first-order valence-electron chi connectivity index (χ1n) is 7.04. The minimum absolute atomic E-state index is 0.00676. The maximum absolute atomic E-state index is 11.8. The molecule has 0 amide bonds. The average Bonchev–Trinajstić information content (AvgIpc) is 2.42. The molecule has 0 aliphatic heterocycles. The summed E-state index contributed by atoms with van der Waals surface area (Å²) in [4.78, 5) is 11.8. The first-order chi connectivity index (χ1) is 9.13. The number of benzene rings is 1. The molecule has 0 heterocycles. The molecule has 0 aliphatic carbocycles. The quantitative estimate of drug-likeness (QED) is 0.490. The van der Waals surface area contributed by atoms with Crippen molar-refractivity contribution in [2.24, 2.45) is 5.92 Å². The molecule has 0 spiro atoms. The van der Waals surface area contributed by atoms with Gasteiger partial charge < -0.3 is 4.74 Å². The second kappa shape index (κ2) is 9.13. The monoisotopic (exact) mass is 326 g/mol. The Morgan fingerprint density at radius 2 is 1.89 bits per heavy atom. The van der Waals surface area contributed by atoms with E-state index in [1.165, 1.54) is 19.3 Å². The summed E-state index contributed by atoms with van der Waals surface area (Å²) < 4.78 is 6.37. The summed E-state index contributed by atoms with van der Waals surface area (Å²) in [5.41, 5.74) is 1.02. The summed E-state index contributed by atoms with van der Waals surface area (Å²) in [6.45, 7) is 4.51. The fourth-order valence-corrected chi connectivity index (χ4v) is 2.14. The number of carbonyl (C=O) groups excluding carboxylic acids is 1. The Hall–Kier alpha value is -0.830. The molecule has 3 heteroatoms. The van der Waals surface area contributed by atoms with E-state index < -0.39 is 0 Å². The van der Waals surface area contributed by atoms with E-state index in [2.05, 4.69) is 22.9 Å². The predicted octanol–water partition coefficient (Wildman–Crippen LogP) is 5.10. The van der Waals surface area contributed by atoms with E-state index in [4.69, 9.17) is 4.74 Å². The van der Waals surface area contributed by atoms with Gasteiger partial charge in [-0.15, -0.1) is 0 Å². The molecule has 0 aromatic heterocycles. The summed E-state index contributed by atoms with van der Waals surface area (Å²) >= 11 is 3.38. The highest BCUT2D eigenvalue weighted by atomic mass is 79.9. The number of rotatable bonds is 8. The van der Waals surface area contributed by atoms with Gasteiger partial charge >= 0.3 is 5.97 Å². The number of carbonyl (C=O) groups is 1. The topological polar surface area (TPSA) is 26.3 Å². The summed E-state index contributed by atoms with van der Waals surface area (Å²) in [5, 5.41) is 0. The SMILES string of the molecule is CCCCCCC(C)C(=O)OCc1ccc(Br)cc1. The zero-order chi connectivity index (χ0) is 14.1. The molecule has 0 saturated carbocycles. The van der Waals surface area contributed by atoms with Crippen LogP contribution in [0.2, 0.25) is 0 Å². The van der Waals surface area contributed by atoms with E-state index >= 15 is 0 Å². The standard InChI is InChI=1S/C16H23BrO2/c1-3-4-5-6-7-13(2)16(18)19-12-14-8-10-15(17)11-9-14/h8-11,13H,3-7,12H2,1-2H3. The molecule has 0 fully saturated rings. The number of hydrogen-bond donors (Lipinski definition) is 0. The molecule has 106 valence electrons. The first kappa shape index (κ1) is 16.2. The van der Waals surface area contributed by atoms with Crippen LogP contribution >= 0.6 is 15.9 Å². The molecule has 1 aromatic rings. The lowest BCUT2D eigenvalue weighted by atomic mass is 10.0. The van der Waals surface area contributed by atoms with Gasteiger partial charge in [0.2, 0.25) is 0 Å². The van der Waals surface area contributed by atoms with Crippen molar-refractivity contribution in [3.05, 3.63) is 34.3 Å². The molecule has 0 aliphatic rings. The molecule has 0 bridgehead atoms. The maximum Gasteiger partial charge on any atom is 0.308 e. The Kier molecular flexibility index (Phi) is 7.80. The molecule has 19 heavy (non-hydrogen) atoms. The fraction of sp³-hybridized carbons (Fsp3) is 0.562. The van der Waals surface area contributed by atoms with Gasteiger partial charge in [0, 0.05) is 4.47 Å². The lowest BCUT2D eigenvalue weighted by molar-refractivity contribution is -0.149. The van der Waals surface area contributed by atoms with Crippen LogP contribution in [0, 0.1) is 5.92 Å². The van der Waals surface area contributed by atoms with Gasteiger partial charge in [-0.25, -0.2) is 0 Å². The zero-order valence-corrected chi connectivity index (χ0v) is 13.4. The van der Waals surface area contributed by atoms with Crippen molar-refractivity contribution in [2.45, 2.75) is 52.6 Å². The minimum atomic E-state index is -0.0839. The van der Waals surface area contributed by atoms with Crippen LogP contribution in [0.3, 0.4) is 0 Å². The molecule has 0 N–H and O–H groups in total. The number of halogens is 1. The molecular weight excluding hydrogens is 304 g/mol. The average molecular weight is 327 g/mol. The molecule has 1 unspecified atom stereocenters. The van der Waals surface area contributed by atoms with E-state index in [1.54, 1.807) is 0 Å². The third-order valence-electron chi connectivity index (χ3n) is 3.19.